The normalized spacial score (nSPS) is 26.0. The number of rotatable bonds is 10. The van der Waals surface area contributed by atoms with Crippen molar-refractivity contribution in [3.05, 3.63) is 58.6 Å². The van der Waals surface area contributed by atoms with Crippen LogP contribution in [0.3, 0.4) is 0 Å². The molecule has 1 heterocycles. The van der Waals surface area contributed by atoms with Crippen LogP contribution in [0.2, 0.25) is 5.02 Å². The summed E-state index contributed by atoms with van der Waals surface area (Å²) in [6, 6.07) is 7.09. The van der Waals surface area contributed by atoms with Crippen molar-refractivity contribution in [1.82, 2.24) is 9.62 Å². The maximum atomic E-state index is 14.0. The first-order chi connectivity index (χ1) is 20.2. The number of phenols is 1. The molecule has 0 saturated heterocycles. The van der Waals surface area contributed by atoms with Gasteiger partial charge in [0.15, 0.2) is 5.78 Å². The van der Waals surface area contributed by atoms with Crippen molar-refractivity contribution in [1.29, 1.82) is 0 Å². The Bertz CT molecular complexity index is 1590. The van der Waals surface area contributed by atoms with E-state index in [1.807, 2.05) is 0 Å². The second-order valence-electron chi connectivity index (χ2n) is 12.5. The number of phenolic OH excluding ortho intramolecular Hbond substituents is 1. The molecule has 15 heteroatoms. The van der Waals surface area contributed by atoms with Gasteiger partial charge in [-0.3, -0.25) is 9.79 Å². The zero-order valence-corrected chi connectivity index (χ0v) is 25.3. The van der Waals surface area contributed by atoms with Gasteiger partial charge in [-0.2, -0.15) is 30.6 Å². The van der Waals surface area contributed by atoms with E-state index in [1.54, 1.807) is 38.1 Å². The van der Waals surface area contributed by atoms with Gasteiger partial charge < -0.3 is 10.4 Å². The fraction of sp³-hybridized carbons (Fsp3) is 0.517. The Morgan fingerprint density at radius 1 is 1.07 bits per heavy atom. The van der Waals surface area contributed by atoms with E-state index in [1.165, 1.54) is 0 Å². The Morgan fingerprint density at radius 2 is 1.68 bits per heavy atom. The maximum Gasteiger partial charge on any atom is 0.416 e. The van der Waals surface area contributed by atoms with Crippen LogP contribution in [-0.2, 0) is 27.5 Å². The monoisotopic (exact) mass is 665 g/mol. The van der Waals surface area contributed by atoms with Crippen LogP contribution >= 0.6 is 11.6 Å². The number of nitrogens with zero attached hydrogens (tertiary/aromatic N) is 2. The summed E-state index contributed by atoms with van der Waals surface area (Å²) in [6.07, 6.45) is -10.2. The fourth-order valence-electron chi connectivity index (χ4n) is 6.57. The molecule has 2 bridgehead atoms. The Kier molecular flexibility index (Phi) is 7.85. The van der Waals surface area contributed by atoms with E-state index in [-0.39, 0.29) is 38.6 Å². The van der Waals surface area contributed by atoms with Crippen LogP contribution in [0.1, 0.15) is 63.5 Å². The molecule has 2 aromatic carbocycles. The van der Waals surface area contributed by atoms with Crippen LogP contribution < -0.4 is 5.32 Å². The molecule has 0 radical (unpaired) electrons. The number of hydrogen-bond donors (Lipinski definition) is 2. The summed E-state index contributed by atoms with van der Waals surface area (Å²) in [6.45, 7) is 3.21. The average Bonchev–Trinajstić information content (AvgIpc) is 3.16. The number of Topliss-reactive ketones (excluding diaryl/α,β-unsaturated/α-hetero) is 1. The molecular weight excluding hydrogens is 636 g/mol. The van der Waals surface area contributed by atoms with E-state index in [9.17, 15) is 44.7 Å². The Hall–Kier alpha value is -2.84. The van der Waals surface area contributed by atoms with Gasteiger partial charge in [-0.15, -0.1) is 0 Å². The summed E-state index contributed by atoms with van der Waals surface area (Å²) < 4.78 is 107. The van der Waals surface area contributed by atoms with Crippen LogP contribution in [0.5, 0.6) is 5.75 Å². The zero-order valence-electron chi connectivity index (χ0n) is 23.7. The second-order valence-corrected chi connectivity index (χ2v) is 14.8. The molecule has 3 fully saturated rings. The highest BCUT2D eigenvalue weighted by Gasteiger charge is 2.75. The molecule has 7 nitrogen and oxygen atoms in total. The van der Waals surface area contributed by atoms with Gasteiger partial charge in [0.1, 0.15) is 22.5 Å². The van der Waals surface area contributed by atoms with E-state index >= 15 is 0 Å². The first-order valence-corrected chi connectivity index (χ1v) is 15.6. The van der Waals surface area contributed by atoms with Crippen LogP contribution in [-0.4, -0.2) is 52.7 Å². The Morgan fingerprint density at radius 3 is 2.25 bits per heavy atom. The van der Waals surface area contributed by atoms with E-state index in [2.05, 4.69) is 10.3 Å². The minimum absolute atomic E-state index is 0.211. The molecule has 3 saturated carbocycles. The molecule has 6 rings (SSSR count). The standard InChI is InChI=1S/C29H30ClF6N3O4S/c1-25(2)23(21(41)4-3-11-28(31,32)33)37-24(38-25)26-14-27(15-26,16-26)39(13-17-5-8-19(30)9-6-17)44(42,43)22-12-18(29(34,35)36)7-10-20(22)40/h5-10,12,23,40H,3-4,11,13-16H2,1-2H3,(H,37,38)/t23-,26?,27?/m0/s1. The van der Waals surface area contributed by atoms with Gasteiger partial charge in [0.05, 0.1) is 11.1 Å². The number of aromatic hydroxyl groups is 1. The topological polar surface area (TPSA) is 99.1 Å². The molecule has 3 aliphatic carbocycles. The molecule has 0 unspecified atom stereocenters. The molecule has 2 N–H and O–H groups in total. The number of amidine groups is 1. The van der Waals surface area contributed by atoms with E-state index < -0.39 is 73.3 Å². The Labute approximate surface area is 255 Å². The van der Waals surface area contributed by atoms with Gasteiger partial charge in [-0.25, -0.2) is 8.42 Å². The quantitative estimate of drug-likeness (QED) is 0.278. The molecular formula is C29H30ClF6N3O4S. The lowest BCUT2D eigenvalue weighted by Crippen LogP contribution is -2.78. The number of halogens is 7. The number of benzene rings is 2. The van der Waals surface area contributed by atoms with Crippen LogP contribution in [0.4, 0.5) is 26.3 Å². The number of aliphatic imine (C=N–C) groups is 1. The first kappa shape index (κ1) is 32.6. The van der Waals surface area contributed by atoms with Crippen molar-refractivity contribution in [3.63, 3.8) is 0 Å². The van der Waals surface area contributed by atoms with E-state index in [4.69, 9.17) is 11.6 Å². The van der Waals surface area contributed by atoms with Gasteiger partial charge >= 0.3 is 12.4 Å². The predicted octanol–water partition coefficient (Wildman–Crippen LogP) is 6.63. The van der Waals surface area contributed by atoms with Crippen molar-refractivity contribution < 1.29 is 44.7 Å². The molecule has 44 heavy (non-hydrogen) atoms. The van der Waals surface area contributed by atoms with Crippen LogP contribution in [0, 0.1) is 5.41 Å². The lowest BCUT2D eigenvalue weighted by Gasteiger charge is -2.73. The van der Waals surface area contributed by atoms with Gasteiger partial charge in [0, 0.05) is 35.4 Å². The van der Waals surface area contributed by atoms with Crippen molar-refractivity contribution >= 4 is 33.2 Å². The minimum atomic E-state index is -4.85. The van der Waals surface area contributed by atoms with Crippen molar-refractivity contribution in [3.8, 4) is 5.75 Å². The summed E-state index contributed by atoms with van der Waals surface area (Å²) in [4.78, 5) is 16.5. The second kappa shape index (κ2) is 10.6. The van der Waals surface area contributed by atoms with Gasteiger partial charge in [0.2, 0.25) is 10.0 Å². The fourth-order valence-corrected chi connectivity index (χ4v) is 8.56. The molecule has 1 aliphatic heterocycles. The van der Waals surface area contributed by atoms with Gasteiger partial charge in [-0.05, 0) is 75.4 Å². The predicted molar refractivity (Wildman–Crippen MR) is 150 cm³/mol. The van der Waals surface area contributed by atoms with Gasteiger partial charge in [-0.1, -0.05) is 23.7 Å². The zero-order chi connectivity index (χ0) is 32.5. The summed E-state index contributed by atoms with van der Waals surface area (Å²) >= 11 is 5.98. The first-order valence-electron chi connectivity index (χ1n) is 13.8. The van der Waals surface area contributed by atoms with Crippen LogP contribution in [0.25, 0.3) is 0 Å². The number of carbonyl (C=O) groups excluding carboxylic acids is 1. The molecule has 0 spiro atoms. The molecule has 0 aromatic heterocycles. The van der Waals surface area contributed by atoms with Gasteiger partial charge in [0.25, 0.3) is 0 Å². The molecule has 4 aliphatic rings. The van der Waals surface area contributed by atoms with Crippen molar-refractivity contribution in [2.24, 2.45) is 10.4 Å². The average molecular weight is 666 g/mol. The maximum absolute atomic E-state index is 14.0. The Balaban J connectivity index is 1.42. The molecule has 240 valence electrons. The number of hydrogen-bond acceptors (Lipinski definition) is 6. The van der Waals surface area contributed by atoms with Crippen molar-refractivity contribution in [2.45, 2.75) is 93.3 Å². The largest absolute Gasteiger partial charge is 0.507 e. The molecule has 2 aromatic rings. The summed E-state index contributed by atoms with van der Waals surface area (Å²) in [5, 5.41) is 14.0. The third-order valence-electron chi connectivity index (χ3n) is 8.70. The number of alkyl halides is 6. The number of carbonyl (C=O) groups is 1. The minimum Gasteiger partial charge on any atom is -0.507 e. The molecule has 1 atom stereocenters. The van der Waals surface area contributed by atoms with E-state index in [0.29, 0.717) is 34.6 Å². The SMILES string of the molecule is CC1(C)NC(C23CC(N(Cc4ccc(Cl)cc4)S(=O)(=O)c4cc(C(F)(F)F)ccc4O)(C2)C3)=N[C@H]1C(=O)CCCC(F)(F)F. The highest BCUT2D eigenvalue weighted by molar-refractivity contribution is 7.89. The smallest absolute Gasteiger partial charge is 0.416 e. The van der Waals surface area contributed by atoms with E-state index in [0.717, 1.165) is 4.31 Å². The highest BCUT2D eigenvalue weighted by atomic mass is 35.5. The third kappa shape index (κ3) is 5.92. The number of sulfonamides is 1. The summed E-state index contributed by atoms with van der Waals surface area (Å²) in [5.74, 6) is -0.796. The lowest BCUT2D eigenvalue weighted by molar-refractivity contribution is -0.151. The van der Waals surface area contributed by atoms with Crippen molar-refractivity contribution in [2.75, 3.05) is 0 Å². The van der Waals surface area contributed by atoms with Crippen LogP contribution in [0.15, 0.2) is 52.4 Å². The molecule has 0 amide bonds. The number of ketones is 1. The summed E-state index contributed by atoms with van der Waals surface area (Å²) in [5.41, 5.74) is -3.24. The number of nitrogens with one attached hydrogen (secondary N) is 1. The summed E-state index contributed by atoms with van der Waals surface area (Å²) in [7, 11) is -4.68. The lowest BCUT2D eigenvalue weighted by atomic mass is 9.38. The highest BCUT2D eigenvalue weighted by Crippen LogP contribution is 2.71. The third-order valence-corrected chi connectivity index (χ3v) is 10.9.